The van der Waals surface area contributed by atoms with Crippen LogP contribution in [0.1, 0.15) is 26.3 Å². The highest BCUT2D eigenvalue weighted by Crippen LogP contribution is 2.20. The van der Waals surface area contributed by atoms with E-state index in [1.165, 1.54) is 6.21 Å². The van der Waals surface area contributed by atoms with Crippen LogP contribution in [0.25, 0.3) is 0 Å². The fourth-order valence-electron chi connectivity index (χ4n) is 2.30. The SMILES string of the molecule is O=C(Nc1ccccc1C(=O)N/N=C/c1cccnc1)c1ccccc1Br. The number of carbonyl (C=O) groups is 2. The lowest BCUT2D eigenvalue weighted by molar-refractivity contribution is 0.0956. The second kappa shape index (κ2) is 8.86. The number of hydrogen-bond donors (Lipinski definition) is 2. The molecule has 0 aliphatic heterocycles. The molecule has 0 saturated carbocycles. The first kappa shape index (κ1) is 18.5. The van der Waals surface area contributed by atoms with Gasteiger partial charge in [0.05, 0.1) is 23.0 Å². The molecule has 2 aromatic carbocycles. The van der Waals surface area contributed by atoms with Gasteiger partial charge in [0.1, 0.15) is 0 Å². The second-order valence-corrected chi connectivity index (χ2v) is 6.32. The van der Waals surface area contributed by atoms with Gasteiger partial charge in [-0.05, 0) is 46.3 Å². The molecule has 0 spiro atoms. The number of nitrogens with one attached hydrogen (secondary N) is 2. The number of amides is 2. The zero-order chi connectivity index (χ0) is 19.1. The van der Waals surface area contributed by atoms with Gasteiger partial charge in [0.15, 0.2) is 0 Å². The average molecular weight is 423 g/mol. The third kappa shape index (κ3) is 4.86. The van der Waals surface area contributed by atoms with E-state index in [1.807, 2.05) is 12.1 Å². The first-order valence-corrected chi connectivity index (χ1v) is 8.83. The third-order valence-electron chi connectivity index (χ3n) is 3.60. The van der Waals surface area contributed by atoms with Gasteiger partial charge in [-0.3, -0.25) is 14.6 Å². The summed E-state index contributed by atoms with van der Waals surface area (Å²) in [6.45, 7) is 0. The van der Waals surface area contributed by atoms with Gasteiger partial charge in [0, 0.05) is 22.4 Å². The van der Waals surface area contributed by atoms with Gasteiger partial charge in [-0.15, -0.1) is 0 Å². The van der Waals surface area contributed by atoms with Crippen LogP contribution in [0.15, 0.2) is 82.6 Å². The van der Waals surface area contributed by atoms with Crippen molar-refractivity contribution in [3.63, 3.8) is 0 Å². The largest absolute Gasteiger partial charge is 0.321 e. The van der Waals surface area contributed by atoms with E-state index in [2.05, 4.69) is 36.8 Å². The Kier molecular flexibility index (Phi) is 6.06. The van der Waals surface area contributed by atoms with Gasteiger partial charge < -0.3 is 5.32 Å². The van der Waals surface area contributed by atoms with Crippen molar-refractivity contribution in [1.82, 2.24) is 10.4 Å². The van der Waals surface area contributed by atoms with E-state index >= 15 is 0 Å². The normalized spacial score (nSPS) is 10.6. The molecule has 0 aliphatic carbocycles. The van der Waals surface area contributed by atoms with Crippen LogP contribution >= 0.6 is 15.9 Å². The Hall–Kier alpha value is -3.32. The van der Waals surface area contributed by atoms with Crippen molar-refractivity contribution in [3.05, 3.63) is 94.2 Å². The van der Waals surface area contributed by atoms with Gasteiger partial charge in [0.2, 0.25) is 0 Å². The van der Waals surface area contributed by atoms with E-state index in [1.54, 1.807) is 60.9 Å². The summed E-state index contributed by atoms with van der Waals surface area (Å²) in [7, 11) is 0. The Morgan fingerprint density at radius 2 is 1.67 bits per heavy atom. The van der Waals surface area contributed by atoms with E-state index in [0.29, 0.717) is 21.3 Å². The van der Waals surface area contributed by atoms with Crippen LogP contribution in [0.2, 0.25) is 0 Å². The minimum Gasteiger partial charge on any atom is -0.321 e. The maximum absolute atomic E-state index is 12.5. The quantitative estimate of drug-likeness (QED) is 0.483. The molecule has 2 N–H and O–H groups in total. The molecule has 3 rings (SSSR count). The molecule has 7 heteroatoms. The van der Waals surface area contributed by atoms with E-state index in [0.717, 1.165) is 5.56 Å². The molecule has 0 saturated heterocycles. The van der Waals surface area contributed by atoms with Crippen molar-refractivity contribution in [2.24, 2.45) is 5.10 Å². The number of hydrogen-bond acceptors (Lipinski definition) is 4. The Morgan fingerprint density at radius 3 is 2.41 bits per heavy atom. The molecule has 27 heavy (non-hydrogen) atoms. The van der Waals surface area contributed by atoms with Crippen LogP contribution < -0.4 is 10.7 Å². The topological polar surface area (TPSA) is 83.5 Å². The summed E-state index contributed by atoms with van der Waals surface area (Å²) in [6.07, 6.45) is 4.77. The van der Waals surface area contributed by atoms with Crippen LogP contribution in [-0.2, 0) is 0 Å². The summed E-state index contributed by atoms with van der Waals surface area (Å²) in [5.74, 6) is -0.750. The Labute approximate surface area is 164 Å². The zero-order valence-electron chi connectivity index (χ0n) is 14.1. The number of pyridine rings is 1. The fraction of sp³-hybridized carbons (Fsp3) is 0. The molecule has 0 fully saturated rings. The number of halogens is 1. The number of nitrogens with zero attached hydrogens (tertiary/aromatic N) is 2. The van der Waals surface area contributed by atoms with E-state index in [4.69, 9.17) is 0 Å². The van der Waals surface area contributed by atoms with Crippen LogP contribution in [0.4, 0.5) is 5.69 Å². The van der Waals surface area contributed by atoms with Crippen LogP contribution in [0, 0.1) is 0 Å². The van der Waals surface area contributed by atoms with Crippen LogP contribution in [0.5, 0.6) is 0 Å². The molecule has 134 valence electrons. The molecular formula is C20H15BrN4O2. The van der Waals surface area contributed by atoms with Crippen molar-refractivity contribution >= 4 is 39.6 Å². The fourth-order valence-corrected chi connectivity index (χ4v) is 2.77. The van der Waals surface area contributed by atoms with Crippen molar-refractivity contribution in [3.8, 4) is 0 Å². The highest BCUT2D eigenvalue weighted by molar-refractivity contribution is 9.10. The molecule has 3 aromatic rings. The molecule has 1 aromatic heterocycles. The van der Waals surface area contributed by atoms with Gasteiger partial charge >= 0.3 is 0 Å². The van der Waals surface area contributed by atoms with Gasteiger partial charge in [-0.25, -0.2) is 5.43 Å². The van der Waals surface area contributed by atoms with Crippen LogP contribution in [0.3, 0.4) is 0 Å². The Balaban J connectivity index is 1.73. The average Bonchev–Trinajstić information content (AvgIpc) is 2.69. The standard InChI is InChI=1S/C20H15BrN4O2/c21-17-9-3-1-7-15(17)19(26)24-18-10-4-2-8-16(18)20(27)25-23-13-14-6-5-11-22-12-14/h1-13H,(H,24,26)(H,25,27)/b23-13+. The van der Waals surface area contributed by atoms with E-state index in [-0.39, 0.29) is 5.91 Å². The number of hydrazone groups is 1. The third-order valence-corrected chi connectivity index (χ3v) is 4.29. The summed E-state index contributed by atoms with van der Waals surface area (Å²) >= 11 is 3.35. The van der Waals surface area contributed by atoms with Crippen molar-refractivity contribution in [2.75, 3.05) is 5.32 Å². The Morgan fingerprint density at radius 1 is 0.926 bits per heavy atom. The predicted molar refractivity (Wildman–Crippen MR) is 108 cm³/mol. The molecule has 0 aliphatic rings. The first-order valence-electron chi connectivity index (χ1n) is 8.03. The zero-order valence-corrected chi connectivity index (χ0v) is 15.7. The lowest BCUT2D eigenvalue weighted by Crippen LogP contribution is -2.21. The molecule has 2 amide bonds. The van der Waals surface area contributed by atoms with Gasteiger partial charge in [-0.1, -0.05) is 30.3 Å². The maximum Gasteiger partial charge on any atom is 0.273 e. The summed E-state index contributed by atoms with van der Waals surface area (Å²) < 4.78 is 0.672. The van der Waals surface area contributed by atoms with Crippen molar-refractivity contribution in [2.45, 2.75) is 0 Å². The van der Waals surface area contributed by atoms with Crippen LogP contribution in [-0.4, -0.2) is 23.0 Å². The van der Waals surface area contributed by atoms with Gasteiger partial charge in [0.25, 0.3) is 11.8 Å². The number of aromatic nitrogens is 1. The Bertz CT molecular complexity index is 990. The molecular weight excluding hydrogens is 408 g/mol. The molecule has 0 unspecified atom stereocenters. The summed E-state index contributed by atoms with van der Waals surface area (Å²) in [5, 5.41) is 6.69. The smallest absolute Gasteiger partial charge is 0.273 e. The van der Waals surface area contributed by atoms with E-state index < -0.39 is 5.91 Å². The second-order valence-electron chi connectivity index (χ2n) is 5.47. The number of benzene rings is 2. The predicted octanol–water partition coefficient (Wildman–Crippen LogP) is 3.86. The van der Waals surface area contributed by atoms with Gasteiger partial charge in [-0.2, -0.15) is 5.10 Å². The number of carbonyl (C=O) groups excluding carboxylic acids is 2. The minimum atomic E-state index is -0.432. The monoisotopic (exact) mass is 422 g/mol. The number of anilines is 1. The maximum atomic E-state index is 12.5. The molecule has 0 radical (unpaired) electrons. The lowest BCUT2D eigenvalue weighted by atomic mass is 10.1. The molecule has 1 heterocycles. The first-order chi connectivity index (χ1) is 13.1. The number of para-hydroxylation sites is 1. The minimum absolute atomic E-state index is 0.307. The van der Waals surface area contributed by atoms with Crippen molar-refractivity contribution < 1.29 is 9.59 Å². The lowest BCUT2D eigenvalue weighted by Gasteiger charge is -2.10. The number of rotatable bonds is 5. The molecule has 6 nitrogen and oxygen atoms in total. The summed E-state index contributed by atoms with van der Waals surface area (Å²) in [4.78, 5) is 28.9. The highest BCUT2D eigenvalue weighted by Gasteiger charge is 2.15. The highest BCUT2D eigenvalue weighted by atomic mass is 79.9. The summed E-state index contributed by atoms with van der Waals surface area (Å²) in [5.41, 5.74) is 4.39. The van der Waals surface area contributed by atoms with E-state index in [9.17, 15) is 9.59 Å². The molecule has 0 atom stereocenters. The van der Waals surface area contributed by atoms with Crippen molar-refractivity contribution in [1.29, 1.82) is 0 Å². The summed E-state index contributed by atoms with van der Waals surface area (Å²) in [6, 6.07) is 17.4. The molecule has 0 bridgehead atoms.